The first-order valence-electron chi connectivity index (χ1n) is 7.75. The molecule has 1 amide bonds. The molecular formula is C17H21N3OS. The molecule has 2 atom stereocenters. The first-order valence-corrected chi connectivity index (χ1v) is 8.63. The van der Waals surface area contributed by atoms with Crippen LogP contribution in [0.1, 0.15) is 25.0 Å². The Morgan fingerprint density at radius 2 is 2.14 bits per heavy atom. The number of nitrogens with zero attached hydrogens (tertiary/aromatic N) is 1. The third-order valence-corrected chi connectivity index (χ3v) is 5.04. The molecule has 1 saturated carbocycles. The molecular weight excluding hydrogens is 294 g/mol. The maximum absolute atomic E-state index is 12.0. The average molecular weight is 315 g/mol. The fraction of sp³-hybridized carbons (Fsp3) is 0.412. The van der Waals surface area contributed by atoms with Crippen molar-refractivity contribution in [2.45, 2.75) is 31.7 Å². The molecule has 2 aromatic rings. The summed E-state index contributed by atoms with van der Waals surface area (Å²) in [5.74, 6) is 0.247. The standard InChI is InChI=1S/C17H21N3OS/c18-14-7-6-13(10-14)16(21)19-9-8-15-11-22-17(20-15)12-4-2-1-3-5-12/h1-5,11,13-14H,6-10,18H2,(H,19,21). The van der Waals surface area contributed by atoms with Crippen LogP contribution >= 0.6 is 11.3 Å². The Kier molecular flexibility index (Phi) is 4.85. The van der Waals surface area contributed by atoms with E-state index in [0.717, 1.165) is 41.9 Å². The number of benzene rings is 1. The summed E-state index contributed by atoms with van der Waals surface area (Å²) in [6, 6.07) is 10.4. The van der Waals surface area contributed by atoms with Gasteiger partial charge in [-0.2, -0.15) is 0 Å². The lowest BCUT2D eigenvalue weighted by atomic mass is 10.1. The average Bonchev–Trinajstić information content (AvgIpc) is 3.17. The largest absolute Gasteiger partial charge is 0.355 e. The summed E-state index contributed by atoms with van der Waals surface area (Å²) in [4.78, 5) is 16.7. The Hall–Kier alpha value is -1.72. The molecule has 0 radical (unpaired) electrons. The third-order valence-electron chi connectivity index (χ3n) is 4.10. The fourth-order valence-corrected chi connectivity index (χ4v) is 3.71. The zero-order valence-electron chi connectivity index (χ0n) is 12.5. The second kappa shape index (κ2) is 7.03. The summed E-state index contributed by atoms with van der Waals surface area (Å²) in [5, 5.41) is 6.11. The van der Waals surface area contributed by atoms with Crippen molar-refractivity contribution < 1.29 is 4.79 Å². The van der Waals surface area contributed by atoms with Crippen LogP contribution in [0, 0.1) is 5.92 Å². The van der Waals surface area contributed by atoms with Gasteiger partial charge in [-0.15, -0.1) is 11.3 Å². The summed E-state index contributed by atoms with van der Waals surface area (Å²) in [6.45, 7) is 0.641. The van der Waals surface area contributed by atoms with Crippen LogP contribution in [0.5, 0.6) is 0 Å². The molecule has 1 aromatic heterocycles. The van der Waals surface area contributed by atoms with E-state index < -0.39 is 0 Å². The van der Waals surface area contributed by atoms with Crippen molar-refractivity contribution in [3.05, 3.63) is 41.4 Å². The van der Waals surface area contributed by atoms with E-state index in [2.05, 4.69) is 27.8 Å². The topological polar surface area (TPSA) is 68.0 Å². The number of carbonyl (C=O) groups excluding carboxylic acids is 1. The van der Waals surface area contributed by atoms with Gasteiger partial charge < -0.3 is 11.1 Å². The first-order chi connectivity index (χ1) is 10.7. The lowest BCUT2D eigenvalue weighted by Gasteiger charge is -2.09. The minimum atomic E-state index is 0.102. The molecule has 2 unspecified atom stereocenters. The quantitative estimate of drug-likeness (QED) is 0.891. The molecule has 1 fully saturated rings. The van der Waals surface area contributed by atoms with Crippen LogP contribution in [0.15, 0.2) is 35.7 Å². The zero-order valence-corrected chi connectivity index (χ0v) is 13.3. The van der Waals surface area contributed by atoms with E-state index in [1.54, 1.807) is 11.3 Å². The van der Waals surface area contributed by atoms with E-state index in [1.807, 2.05) is 18.2 Å². The van der Waals surface area contributed by atoms with Gasteiger partial charge in [0.05, 0.1) is 5.69 Å². The minimum absolute atomic E-state index is 0.102. The van der Waals surface area contributed by atoms with Gasteiger partial charge in [0.2, 0.25) is 5.91 Å². The van der Waals surface area contributed by atoms with Crippen LogP contribution in [-0.2, 0) is 11.2 Å². The molecule has 0 bridgehead atoms. The number of aromatic nitrogens is 1. The van der Waals surface area contributed by atoms with Gasteiger partial charge in [-0.3, -0.25) is 4.79 Å². The number of hydrogen-bond donors (Lipinski definition) is 2. The smallest absolute Gasteiger partial charge is 0.223 e. The zero-order chi connectivity index (χ0) is 15.4. The number of amides is 1. The van der Waals surface area contributed by atoms with Crippen LogP contribution in [-0.4, -0.2) is 23.5 Å². The van der Waals surface area contributed by atoms with Gasteiger partial charge in [0.25, 0.3) is 0 Å². The summed E-state index contributed by atoms with van der Waals surface area (Å²) in [6.07, 6.45) is 3.47. The summed E-state index contributed by atoms with van der Waals surface area (Å²) in [7, 11) is 0. The van der Waals surface area contributed by atoms with Gasteiger partial charge in [0.1, 0.15) is 5.01 Å². The SMILES string of the molecule is NC1CCC(C(=O)NCCc2csc(-c3ccccc3)n2)C1. The predicted octanol–water partition coefficient (Wildman–Crippen LogP) is 2.60. The third kappa shape index (κ3) is 3.72. The van der Waals surface area contributed by atoms with Gasteiger partial charge in [-0.05, 0) is 19.3 Å². The second-order valence-corrected chi connectivity index (χ2v) is 6.68. The molecule has 0 saturated heterocycles. The molecule has 0 aliphatic heterocycles. The van der Waals surface area contributed by atoms with E-state index in [-0.39, 0.29) is 17.9 Å². The number of carbonyl (C=O) groups is 1. The maximum atomic E-state index is 12.0. The Morgan fingerprint density at radius 1 is 1.32 bits per heavy atom. The Bertz CT molecular complexity index is 626. The highest BCUT2D eigenvalue weighted by Crippen LogP contribution is 2.25. The highest BCUT2D eigenvalue weighted by Gasteiger charge is 2.27. The minimum Gasteiger partial charge on any atom is -0.355 e. The Labute approximate surface area is 134 Å². The molecule has 1 aliphatic carbocycles. The van der Waals surface area contributed by atoms with Gasteiger partial charge >= 0.3 is 0 Å². The Morgan fingerprint density at radius 3 is 2.86 bits per heavy atom. The molecule has 22 heavy (non-hydrogen) atoms. The lowest BCUT2D eigenvalue weighted by Crippen LogP contribution is -2.31. The van der Waals surface area contributed by atoms with Crippen molar-refractivity contribution in [2.24, 2.45) is 11.7 Å². The van der Waals surface area contributed by atoms with E-state index in [0.29, 0.717) is 6.54 Å². The van der Waals surface area contributed by atoms with Crippen molar-refractivity contribution in [1.82, 2.24) is 10.3 Å². The van der Waals surface area contributed by atoms with Crippen LogP contribution in [0.3, 0.4) is 0 Å². The van der Waals surface area contributed by atoms with Crippen LogP contribution in [0.25, 0.3) is 10.6 Å². The maximum Gasteiger partial charge on any atom is 0.223 e. The van der Waals surface area contributed by atoms with Gasteiger partial charge in [-0.25, -0.2) is 4.98 Å². The van der Waals surface area contributed by atoms with Gasteiger partial charge in [0.15, 0.2) is 0 Å². The summed E-state index contributed by atoms with van der Waals surface area (Å²) >= 11 is 1.65. The molecule has 3 rings (SSSR count). The van der Waals surface area contributed by atoms with E-state index in [4.69, 9.17) is 5.73 Å². The van der Waals surface area contributed by atoms with Crippen molar-refractivity contribution >= 4 is 17.2 Å². The predicted molar refractivity (Wildman–Crippen MR) is 89.6 cm³/mol. The summed E-state index contributed by atoms with van der Waals surface area (Å²) < 4.78 is 0. The van der Waals surface area contributed by atoms with E-state index in [9.17, 15) is 4.79 Å². The highest BCUT2D eigenvalue weighted by molar-refractivity contribution is 7.13. The van der Waals surface area contributed by atoms with Crippen molar-refractivity contribution in [1.29, 1.82) is 0 Å². The van der Waals surface area contributed by atoms with Crippen molar-refractivity contribution in [3.63, 3.8) is 0 Å². The number of nitrogens with one attached hydrogen (secondary N) is 1. The normalized spacial score (nSPS) is 21.0. The van der Waals surface area contributed by atoms with Crippen LogP contribution < -0.4 is 11.1 Å². The molecule has 116 valence electrons. The summed E-state index contributed by atoms with van der Waals surface area (Å²) in [5.41, 5.74) is 8.03. The molecule has 1 aromatic carbocycles. The second-order valence-electron chi connectivity index (χ2n) is 5.82. The number of nitrogens with two attached hydrogens (primary N) is 1. The van der Waals surface area contributed by atoms with Gasteiger partial charge in [0, 0.05) is 35.9 Å². The Balaban J connectivity index is 1.48. The fourth-order valence-electron chi connectivity index (χ4n) is 2.85. The van der Waals surface area contributed by atoms with E-state index >= 15 is 0 Å². The molecule has 5 heteroatoms. The monoisotopic (exact) mass is 315 g/mol. The van der Waals surface area contributed by atoms with Crippen molar-refractivity contribution in [3.8, 4) is 10.6 Å². The highest BCUT2D eigenvalue weighted by atomic mass is 32.1. The lowest BCUT2D eigenvalue weighted by molar-refractivity contribution is -0.124. The molecule has 4 nitrogen and oxygen atoms in total. The van der Waals surface area contributed by atoms with E-state index in [1.165, 1.54) is 0 Å². The number of thiazole rings is 1. The van der Waals surface area contributed by atoms with Crippen LogP contribution in [0.4, 0.5) is 0 Å². The van der Waals surface area contributed by atoms with Gasteiger partial charge in [-0.1, -0.05) is 30.3 Å². The van der Waals surface area contributed by atoms with Crippen LogP contribution in [0.2, 0.25) is 0 Å². The number of rotatable bonds is 5. The first kappa shape index (κ1) is 15.2. The van der Waals surface area contributed by atoms with Crippen molar-refractivity contribution in [2.75, 3.05) is 6.54 Å². The molecule has 0 spiro atoms. The molecule has 1 aliphatic rings. The number of hydrogen-bond acceptors (Lipinski definition) is 4. The molecule has 1 heterocycles. The molecule has 3 N–H and O–H groups in total.